The fourth-order valence-corrected chi connectivity index (χ4v) is 3.35. The number of likely N-dealkylation sites (N-methyl/N-ethyl adjacent to an activating group) is 1. The molecule has 23 heavy (non-hydrogen) atoms. The number of hydrogen-bond donors (Lipinski definition) is 0. The Balaban J connectivity index is 1.72. The second-order valence-electron chi connectivity index (χ2n) is 7.12. The summed E-state index contributed by atoms with van der Waals surface area (Å²) in [6.45, 7) is 6.05. The first-order valence-corrected chi connectivity index (χ1v) is 8.07. The Morgan fingerprint density at radius 1 is 1.35 bits per heavy atom. The molecule has 0 spiro atoms. The lowest BCUT2D eigenvalue weighted by molar-refractivity contribution is -0.148. The van der Waals surface area contributed by atoms with E-state index in [0.29, 0.717) is 5.92 Å². The van der Waals surface area contributed by atoms with Gasteiger partial charge in [0.05, 0.1) is 5.92 Å². The maximum absolute atomic E-state index is 12.2. The van der Waals surface area contributed by atoms with Crippen molar-refractivity contribution in [2.45, 2.75) is 32.6 Å². The van der Waals surface area contributed by atoms with E-state index in [2.05, 4.69) is 26.0 Å². The highest BCUT2D eigenvalue weighted by molar-refractivity contribution is 5.94. The van der Waals surface area contributed by atoms with E-state index in [1.165, 1.54) is 5.56 Å². The number of para-hydroxylation sites is 1. The highest BCUT2D eigenvalue weighted by Gasteiger charge is 2.41. The van der Waals surface area contributed by atoms with E-state index < -0.39 is 0 Å². The van der Waals surface area contributed by atoms with Crippen LogP contribution in [0.5, 0.6) is 0 Å². The molecule has 0 radical (unpaired) electrons. The first kappa shape index (κ1) is 15.8. The molecule has 2 aliphatic rings. The summed E-state index contributed by atoms with van der Waals surface area (Å²) in [7, 11) is 1.96. The van der Waals surface area contributed by atoms with Crippen LogP contribution in [-0.2, 0) is 19.7 Å². The van der Waals surface area contributed by atoms with Crippen molar-refractivity contribution in [3.05, 3.63) is 41.6 Å². The van der Waals surface area contributed by atoms with Gasteiger partial charge in [0.1, 0.15) is 0 Å². The minimum Gasteiger partial charge on any atom is -0.457 e. The Morgan fingerprint density at radius 2 is 2.00 bits per heavy atom. The molecule has 1 saturated carbocycles. The highest BCUT2D eigenvalue weighted by atomic mass is 16.5. The van der Waals surface area contributed by atoms with Crippen molar-refractivity contribution in [3.63, 3.8) is 0 Å². The molecule has 4 nitrogen and oxygen atoms in total. The molecule has 0 N–H and O–H groups in total. The summed E-state index contributed by atoms with van der Waals surface area (Å²) in [5.41, 5.74) is 3.00. The van der Waals surface area contributed by atoms with Gasteiger partial charge in [0, 0.05) is 29.9 Å². The van der Waals surface area contributed by atoms with Crippen molar-refractivity contribution in [2.75, 3.05) is 18.6 Å². The quantitative estimate of drug-likeness (QED) is 0.633. The molecule has 3 rings (SSSR count). The molecule has 1 heterocycles. The summed E-state index contributed by atoms with van der Waals surface area (Å²) < 4.78 is 5.14. The molecular formula is C19H23NO3. The van der Waals surface area contributed by atoms with Crippen molar-refractivity contribution in [2.24, 2.45) is 11.8 Å². The number of benzene rings is 1. The predicted molar refractivity (Wildman–Crippen MR) is 89.2 cm³/mol. The summed E-state index contributed by atoms with van der Waals surface area (Å²) in [5.74, 6) is -0.0309. The zero-order chi connectivity index (χ0) is 16.8. The average Bonchev–Trinajstić information content (AvgIpc) is 3.22. The Morgan fingerprint density at radius 3 is 2.61 bits per heavy atom. The molecular weight excluding hydrogens is 290 g/mol. The van der Waals surface area contributed by atoms with E-state index in [-0.39, 0.29) is 29.7 Å². The number of allylic oxidation sites excluding steroid dienone is 1. The molecule has 0 unspecified atom stereocenters. The molecule has 2 atom stereocenters. The molecule has 122 valence electrons. The number of ketones is 1. The number of esters is 1. The van der Waals surface area contributed by atoms with Gasteiger partial charge < -0.3 is 9.64 Å². The van der Waals surface area contributed by atoms with Crippen molar-refractivity contribution in [1.29, 1.82) is 0 Å². The van der Waals surface area contributed by atoms with Gasteiger partial charge in [-0.05, 0) is 24.0 Å². The Bertz CT molecular complexity index is 690. The average molecular weight is 313 g/mol. The molecule has 0 bridgehead atoms. The van der Waals surface area contributed by atoms with Gasteiger partial charge in [-0.15, -0.1) is 0 Å². The lowest BCUT2D eigenvalue weighted by atomic mass is 9.83. The predicted octanol–water partition coefficient (Wildman–Crippen LogP) is 3.07. The fourth-order valence-electron chi connectivity index (χ4n) is 3.35. The van der Waals surface area contributed by atoms with E-state index in [1.54, 1.807) is 6.08 Å². The van der Waals surface area contributed by atoms with E-state index in [0.717, 1.165) is 17.8 Å². The maximum atomic E-state index is 12.2. The van der Waals surface area contributed by atoms with Gasteiger partial charge in [0.15, 0.2) is 12.4 Å². The Kier molecular flexibility index (Phi) is 3.78. The van der Waals surface area contributed by atoms with Crippen LogP contribution in [-0.4, -0.2) is 25.4 Å². The largest absolute Gasteiger partial charge is 0.457 e. The number of hydrogen-bond acceptors (Lipinski definition) is 4. The van der Waals surface area contributed by atoms with Gasteiger partial charge in [0.25, 0.3) is 0 Å². The number of carbonyl (C=O) groups is 2. The molecule has 1 aromatic carbocycles. The van der Waals surface area contributed by atoms with E-state index in [9.17, 15) is 9.59 Å². The van der Waals surface area contributed by atoms with E-state index in [1.807, 2.05) is 31.0 Å². The fraction of sp³-hybridized carbons (Fsp3) is 0.474. The van der Waals surface area contributed by atoms with E-state index in [4.69, 9.17) is 4.74 Å². The van der Waals surface area contributed by atoms with Crippen LogP contribution in [0.25, 0.3) is 0 Å². The number of anilines is 1. The van der Waals surface area contributed by atoms with Crippen molar-refractivity contribution in [1.82, 2.24) is 0 Å². The third-order valence-electron chi connectivity index (χ3n) is 5.01. The summed E-state index contributed by atoms with van der Waals surface area (Å²) in [4.78, 5) is 26.0. The maximum Gasteiger partial charge on any atom is 0.309 e. The van der Waals surface area contributed by atoms with Crippen LogP contribution in [0.2, 0.25) is 0 Å². The zero-order valence-electron chi connectivity index (χ0n) is 14.1. The van der Waals surface area contributed by atoms with Gasteiger partial charge in [-0.2, -0.15) is 0 Å². The highest BCUT2D eigenvalue weighted by Crippen LogP contribution is 2.46. The first-order chi connectivity index (χ1) is 10.8. The zero-order valence-corrected chi connectivity index (χ0v) is 14.1. The lowest BCUT2D eigenvalue weighted by Gasteiger charge is -2.23. The molecule has 1 aliphatic heterocycles. The number of nitrogens with zero attached hydrogens (tertiary/aromatic N) is 1. The van der Waals surface area contributed by atoms with Gasteiger partial charge in [-0.3, -0.25) is 9.59 Å². The molecule has 0 amide bonds. The second kappa shape index (κ2) is 5.52. The van der Waals surface area contributed by atoms with Crippen LogP contribution in [0.15, 0.2) is 36.0 Å². The summed E-state index contributed by atoms with van der Waals surface area (Å²) >= 11 is 0. The molecule has 1 fully saturated rings. The number of rotatable bonds is 4. The third-order valence-corrected chi connectivity index (χ3v) is 5.01. The molecule has 1 aromatic rings. The van der Waals surface area contributed by atoms with Crippen molar-refractivity contribution >= 4 is 17.4 Å². The third kappa shape index (κ3) is 2.78. The molecule has 1 aliphatic carbocycles. The molecule has 0 saturated heterocycles. The van der Waals surface area contributed by atoms with Gasteiger partial charge >= 0.3 is 5.97 Å². The Hall–Kier alpha value is -2.10. The summed E-state index contributed by atoms with van der Waals surface area (Å²) in [6, 6.07) is 8.15. The van der Waals surface area contributed by atoms with Crippen LogP contribution in [0.4, 0.5) is 5.69 Å². The van der Waals surface area contributed by atoms with Gasteiger partial charge in [-0.1, -0.05) is 39.0 Å². The van der Waals surface area contributed by atoms with Crippen LogP contribution >= 0.6 is 0 Å². The summed E-state index contributed by atoms with van der Waals surface area (Å²) in [6.07, 6.45) is 2.49. The second-order valence-corrected chi connectivity index (χ2v) is 7.12. The number of ether oxygens (including phenoxy) is 1. The van der Waals surface area contributed by atoms with Crippen LogP contribution in [0.3, 0.4) is 0 Å². The number of carbonyl (C=O) groups excluding carboxylic acids is 2. The monoisotopic (exact) mass is 313 g/mol. The van der Waals surface area contributed by atoms with Gasteiger partial charge in [-0.25, -0.2) is 0 Å². The summed E-state index contributed by atoms with van der Waals surface area (Å²) in [5, 5.41) is 0. The van der Waals surface area contributed by atoms with Crippen LogP contribution in [0.1, 0.15) is 32.8 Å². The van der Waals surface area contributed by atoms with Crippen molar-refractivity contribution in [3.8, 4) is 0 Å². The van der Waals surface area contributed by atoms with Crippen LogP contribution < -0.4 is 4.90 Å². The molecule has 0 aromatic heterocycles. The number of fused-ring (bicyclic) bond motifs is 1. The topological polar surface area (TPSA) is 46.6 Å². The normalized spacial score (nSPS) is 26.1. The van der Waals surface area contributed by atoms with E-state index >= 15 is 0 Å². The SMILES string of the molecule is C[C@H]1C[C@H]1C(=O)OCC(=O)C=C1N(C)c2ccccc2C1(C)C. The smallest absolute Gasteiger partial charge is 0.309 e. The minimum atomic E-state index is -0.244. The standard InChI is InChI=1S/C19H23NO3/c1-12-9-14(12)18(22)23-11-13(21)10-17-19(2,3)15-7-5-6-8-16(15)20(17)4/h5-8,10,12,14H,9,11H2,1-4H3/t12-,14+/m0/s1. The lowest BCUT2D eigenvalue weighted by Crippen LogP contribution is -2.25. The van der Waals surface area contributed by atoms with Gasteiger partial charge in [0.2, 0.25) is 0 Å². The molecule has 4 heteroatoms. The Labute approximate surface area is 137 Å². The first-order valence-electron chi connectivity index (χ1n) is 8.07. The van der Waals surface area contributed by atoms with Crippen molar-refractivity contribution < 1.29 is 14.3 Å². The van der Waals surface area contributed by atoms with Crippen LogP contribution in [0, 0.1) is 11.8 Å². The minimum absolute atomic E-state index is 0.00898.